The maximum Gasteiger partial charge on any atom is 0.203 e. The number of hydrogen-bond acceptors (Lipinski definition) is 5. The van der Waals surface area contributed by atoms with Gasteiger partial charge in [-0.05, 0) is 12.1 Å². The number of methoxy groups -OCH3 is 3. The molecule has 1 aliphatic rings. The molecule has 2 aromatic rings. The van der Waals surface area contributed by atoms with Gasteiger partial charge in [0.2, 0.25) is 5.75 Å². The van der Waals surface area contributed by atoms with Crippen LogP contribution in [0.1, 0.15) is 23.6 Å². The number of para-hydroxylation sites is 1. The van der Waals surface area contributed by atoms with Gasteiger partial charge >= 0.3 is 0 Å². The maximum absolute atomic E-state index is 5.72. The first-order valence-corrected chi connectivity index (χ1v) is 8.01. The Hall–Kier alpha value is -2.40. The van der Waals surface area contributed by atoms with E-state index in [0.29, 0.717) is 23.8 Å². The fraction of sp³-hybridized carbons (Fsp3) is 0.368. The minimum Gasteiger partial charge on any atom is -0.493 e. The van der Waals surface area contributed by atoms with Crippen LogP contribution in [0.5, 0.6) is 23.0 Å². The molecule has 5 nitrogen and oxygen atoms in total. The highest BCUT2D eigenvalue weighted by atomic mass is 16.5. The summed E-state index contributed by atoms with van der Waals surface area (Å²) in [5.74, 6) is 2.94. The molecule has 1 atom stereocenters. The van der Waals surface area contributed by atoms with E-state index in [-0.39, 0.29) is 6.04 Å². The molecule has 0 bridgehead atoms. The van der Waals surface area contributed by atoms with Gasteiger partial charge in [0, 0.05) is 30.1 Å². The first-order chi connectivity index (χ1) is 11.8. The highest BCUT2D eigenvalue weighted by Crippen LogP contribution is 2.40. The predicted molar refractivity (Wildman–Crippen MR) is 92.2 cm³/mol. The van der Waals surface area contributed by atoms with E-state index in [1.807, 2.05) is 30.3 Å². The fourth-order valence-corrected chi connectivity index (χ4v) is 3.09. The van der Waals surface area contributed by atoms with Gasteiger partial charge in [-0.3, -0.25) is 0 Å². The van der Waals surface area contributed by atoms with E-state index in [0.717, 1.165) is 24.3 Å². The zero-order valence-corrected chi connectivity index (χ0v) is 14.3. The van der Waals surface area contributed by atoms with E-state index in [1.165, 1.54) is 5.56 Å². The number of hydrogen-bond donors (Lipinski definition) is 1. The lowest BCUT2D eigenvalue weighted by Gasteiger charge is -2.27. The number of nitrogens with one attached hydrogen (secondary N) is 1. The summed E-state index contributed by atoms with van der Waals surface area (Å²) in [6.45, 7) is 1.39. The first-order valence-electron chi connectivity index (χ1n) is 8.01. The Labute approximate surface area is 142 Å². The summed E-state index contributed by atoms with van der Waals surface area (Å²) in [4.78, 5) is 0. The molecule has 1 N–H and O–H groups in total. The van der Waals surface area contributed by atoms with Crippen molar-refractivity contribution in [3.8, 4) is 23.0 Å². The van der Waals surface area contributed by atoms with Gasteiger partial charge in [0.15, 0.2) is 11.5 Å². The van der Waals surface area contributed by atoms with Gasteiger partial charge in [-0.25, -0.2) is 0 Å². The van der Waals surface area contributed by atoms with Crippen LogP contribution in [-0.4, -0.2) is 27.9 Å². The van der Waals surface area contributed by atoms with Gasteiger partial charge in [-0.2, -0.15) is 0 Å². The molecule has 1 aliphatic heterocycles. The SMILES string of the molecule is COc1ccc(CN[C@@H]2CCOc3ccccc32)c(OC)c1OC. The van der Waals surface area contributed by atoms with Crippen molar-refractivity contribution in [2.75, 3.05) is 27.9 Å². The Morgan fingerprint density at radius 1 is 1.00 bits per heavy atom. The topological polar surface area (TPSA) is 49.0 Å². The largest absolute Gasteiger partial charge is 0.493 e. The second-order valence-corrected chi connectivity index (χ2v) is 5.60. The molecule has 0 aliphatic carbocycles. The summed E-state index contributed by atoms with van der Waals surface area (Å²) in [6.07, 6.45) is 0.937. The van der Waals surface area contributed by atoms with Gasteiger partial charge in [0.25, 0.3) is 0 Å². The van der Waals surface area contributed by atoms with Gasteiger partial charge in [0.05, 0.1) is 27.9 Å². The summed E-state index contributed by atoms with van der Waals surface area (Å²) >= 11 is 0. The smallest absolute Gasteiger partial charge is 0.203 e. The van der Waals surface area contributed by atoms with Crippen LogP contribution in [0.25, 0.3) is 0 Å². The fourth-order valence-electron chi connectivity index (χ4n) is 3.09. The quantitative estimate of drug-likeness (QED) is 0.881. The summed E-state index contributed by atoms with van der Waals surface area (Å²) in [5, 5.41) is 3.60. The van der Waals surface area contributed by atoms with Crippen molar-refractivity contribution in [1.29, 1.82) is 0 Å². The van der Waals surface area contributed by atoms with Crippen LogP contribution in [-0.2, 0) is 6.54 Å². The molecule has 2 aromatic carbocycles. The van der Waals surface area contributed by atoms with Crippen LogP contribution in [0.2, 0.25) is 0 Å². The average molecular weight is 329 g/mol. The van der Waals surface area contributed by atoms with E-state index in [9.17, 15) is 0 Å². The standard InChI is InChI=1S/C19H23NO4/c1-21-17-9-8-13(18(22-2)19(17)23-3)12-20-15-10-11-24-16-7-5-4-6-14(15)16/h4-9,15,20H,10-12H2,1-3H3/t15-/m1/s1. The van der Waals surface area contributed by atoms with Crippen molar-refractivity contribution in [3.63, 3.8) is 0 Å². The molecule has 0 aromatic heterocycles. The van der Waals surface area contributed by atoms with Crippen LogP contribution >= 0.6 is 0 Å². The molecule has 24 heavy (non-hydrogen) atoms. The van der Waals surface area contributed by atoms with E-state index >= 15 is 0 Å². The van der Waals surface area contributed by atoms with Gasteiger partial charge in [-0.15, -0.1) is 0 Å². The highest BCUT2D eigenvalue weighted by Gasteiger charge is 2.22. The van der Waals surface area contributed by atoms with Crippen molar-refractivity contribution in [1.82, 2.24) is 5.32 Å². The number of benzene rings is 2. The van der Waals surface area contributed by atoms with Crippen molar-refractivity contribution < 1.29 is 18.9 Å². The molecule has 5 heteroatoms. The minimum absolute atomic E-state index is 0.257. The third-order valence-electron chi connectivity index (χ3n) is 4.28. The Balaban J connectivity index is 1.81. The zero-order chi connectivity index (χ0) is 16.9. The maximum atomic E-state index is 5.72. The molecule has 0 saturated heterocycles. The van der Waals surface area contributed by atoms with Crippen molar-refractivity contribution in [2.24, 2.45) is 0 Å². The van der Waals surface area contributed by atoms with Crippen LogP contribution in [0, 0.1) is 0 Å². The van der Waals surface area contributed by atoms with Gasteiger partial charge < -0.3 is 24.3 Å². The van der Waals surface area contributed by atoms with Crippen molar-refractivity contribution in [3.05, 3.63) is 47.5 Å². The minimum atomic E-state index is 0.257. The Morgan fingerprint density at radius 3 is 2.54 bits per heavy atom. The summed E-state index contributed by atoms with van der Waals surface area (Å²) < 4.78 is 22.0. The molecule has 3 rings (SSSR count). The number of fused-ring (bicyclic) bond motifs is 1. The predicted octanol–water partition coefficient (Wildman–Crippen LogP) is 3.33. The Morgan fingerprint density at radius 2 is 1.79 bits per heavy atom. The van der Waals surface area contributed by atoms with E-state index in [2.05, 4.69) is 11.4 Å². The second kappa shape index (κ2) is 7.45. The average Bonchev–Trinajstić information content (AvgIpc) is 2.65. The zero-order valence-electron chi connectivity index (χ0n) is 14.3. The second-order valence-electron chi connectivity index (χ2n) is 5.60. The van der Waals surface area contributed by atoms with Crippen LogP contribution in [0.4, 0.5) is 0 Å². The molecule has 0 radical (unpaired) electrons. The lowest BCUT2D eigenvalue weighted by Crippen LogP contribution is -2.26. The first kappa shape index (κ1) is 16.5. The van der Waals surface area contributed by atoms with Crippen LogP contribution in [0.3, 0.4) is 0 Å². The lowest BCUT2D eigenvalue weighted by molar-refractivity contribution is 0.251. The molecule has 0 saturated carbocycles. The van der Waals surface area contributed by atoms with Crippen molar-refractivity contribution in [2.45, 2.75) is 19.0 Å². The van der Waals surface area contributed by atoms with E-state index in [1.54, 1.807) is 21.3 Å². The summed E-state index contributed by atoms with van der Waals surface area (Å²) in [5.41, 5.74) is 2.22. The van der Waals surface area contributed by atoms with E-state index < -0.39 is 0 Å². The molecule has 0 fully saturated rings. The number of ether oxygens (including phenoxy) is 4. The number of rotatable bonds is 6. The molecule has 128 valence electrons. The third kappa shape index (κ3) is 3.12. The monoisotopic (exact) mass is 329 g/mol. The summed E-state index contributed by atoms with van der Waals surface area (Å²) in [6, 6.07) is 12.3. The van der Waals surface area contributed by atoms with Crippen molar-refractivity contribution >= 4 is 0 Å². The van der Waals surface area contributed by atoms with Gasteiger partial charge in [-0.1, -0.05) is 24.3 Å². The molecule has 0 spiro atoms. The molecular weight excluding hydrogens is 306 g/mol. The Kier molecular flexibility index (Phi) is 5.11. The normalized spacial score (nSPS) is 16.0. The third-order valence-corrected chi connectivity index (χ3v) is 4.28. The Bertz CT molecular complexity index is 702. The lowest BCUT2D eigenvalue weighted by atomic mass is 10.00. The molecule has 1 heterocycles. The van der Waals surface area contributed by atoms with Gasteiger partial charge in [0.1, 0.15) is 5.75 Å². The molecule has 0 amide bonds. The van der Waals surface area contributed by atoms with Crippen LogP contribution < -0.4 is 24.3 Å². The molecule has 0 unspecified atom stereocenters. The summed E-state index contributed by atoms with van der Waals surface area (Å²) in [7, 11) is 4.88. The highest BCUT2D eigenvalue weighted by molar-refractivity contribution is 5.55. The van der Waals surface area contributed by atoms with Crippen LogP contribution in [0.15, 0.2) is 36.4 Å². The molecular formula is C19H23NO4. The van der Waals surface area contributed by atoms with E-state index in [4.69, 9.17) is 18.9 Å².